The summed E-state index contributed by atoms with van der Waals surface area (Å²) in [4.78, 5) is 20.4. The van der Waals surface area contributed by atoms with Crippen molar-refractivity contribution in [3.05, 3.63) is 59.4 Å². The van der Waals surface area contributed by atoms with Gasteiger partial charge in [-0.05, 0) is 69.9 Å². The number of pyridine rings is 1. The predicted molar refractivity (Wildman–Crippen MR) is 122 cm³/mol. The molecule has 0 atom stereocenters. The van der Waals surface area contributed by atoms with Crippen molar-refractivity contribution >= 4 is 17.7 Å². The van der Waals surface area contributed by atoms with E-state index in [1.165, 1.54) is 11.1 Å². The van der Waals surface area contributed by atoms with Crippen LogP contribution >= 0.6 is 0 Å². The minimum atomic E-state index is -0.515. The maximum absolute atomic E-state index is 11.8. The van der Waals surface area contributed by atoms with Gasteiger partial charge < -0.3 is 15.4 Å². The van der Waals surface area contributed by atoms with Gasteiger partial charge in [0.2, 0.25) is 0 Å². The molecule has 7 heteroatoms. The number of nitrogens with zero attached hydrogens (tertiary/aromatic N) is 2. The molecule has 0 unspecified atom stereocenters. The number of rotatable bonds is 7. The van der Waals surface area contributed by atoms with Crippen molar-refractivity contribution in [2.24, 2.45) is 4.99 Å². The van der Waals surface area contributed by atoms with Crippen LogP contribution in [0.25, 0.3) is 0 Å². The van der Waals surface area contributed by atoms with Crippen LogP contribution in [0, 0.1) is 6.92 Å². The van der Waals surface area contributed by atoms with E-state index in [0.717, 1.165) is 37.6 Å². The van der Waals surface area contributed by atoms with Crippen LogP contribution in [0.5, 0.6) is 0 Å². The minimum Gasteiger partial charge on any atom is -0.444 e. The lowest BCUT2D eigenvalue weighted by Gasteiger charge is -2.19. The summed E-state index contributed by atoms with van der Waals surface area (Å²) >= 11 is 0. The first-order valence-corrected chi connectivity index (χ1v) is 10.2. The zero-order valence-electron chi connectivity index (χ0n) is 18.6. The number of ether oxygens (including phenoxy) is 1. The van der Waals surface area contributed by atoms with Gasteiger partial charge in [0, 0.05) is 37.7 Å². The molecule has 1 aromatic carbocycles. The molecule has 0 saturated heterocycles. The molecule has 1 aromatic heterocycles. The van der Waals surface area contributed by atoms with Gasteiger partial charge in [0.15, 0.2) is 5.96 Å². The Hall–Kier alpha value is -3.09. The smallest absolute Gasteiger partial charge is 0.412 e. The summed E-state index contributed by atoms with van der Waals surface area (Å²) in [6, 6.07) is 11.9. The van der Waals surface area contributed by atoms with Gasteiger partial charge in [-0.2, -0.15) is 0 Å². The quantitative estimate of drug-likeness (QED) is 0.478. The number of amides is 1. The summed E-state index contributed by atoms with van der Waals surface area (Å²) in [6.45, 7) is 9.04. The van der Waals surface area contributed by atoms with Crippen LogP contribution < -0.4 is 16.0 Å². The Kier molecular flexibility index (Phi) is 8.65. The summed E-state index contributed by atoms with van der Waals surface area (Å²) < 4.78 is 5.26. The minimum absolute atomic E-state index is 0.451. The fraction of sp³-hybridized carbons (Fsp3) is 0.435. The lowest BCUT2D eigenvalue weighted by molar-refractivity contribution is 0.0636. The molecule has 162 valence electrons. The Bertz CT molecular complexity index is 824. The van der Waals surface area contributed by atoms with Crippen LogP contribution in [-0.2, 0) is 17.6 Å². The molecule has 2 rings (SSSR count). The molecule has 1 heterocycles. The highest BCUT2D eigenvalue weighted by Gasteiger charge is 2.16. The number of guanidine groups is 1. The van der Waals surface area contributed by atoms with Crippen molar-refractivity contribution in [3.63, 3.8) is 0 Å². The van der Waals surface area contributed by atoms with E-state index in [9.17, 15) is 4.79 Å². The number of anilines is 1. The summed E-state index contributed by atoms with van der Waals surface area (Å²) in [5, 5.41) is 9.38. The SMILES string of the molecule is CN=C(NCCc1ccc(NC(=O)OC(C)(C)C)cc1)NCCc1ccc(C)nc1. The maximum atomic E-state index is 11.8. The monoisotopic (exact) mass is 411 g/mol. The fourth-order valence-electron chi connectivity index (χ4n) is 2.69. The van der Waals surface area contributed by atoms with Gasteiger partial charge in [-0.1, -0.05) is 18.2 Å². The zero-order valence-corrected chi connectivity index (χ0v) is 18.6. The van der Waals surface area contributed by atoms with Crippen molar-refractivity contribution in [2.75, 3.05) is 25.5 Å². The molecular weight excluding hydrogens is 378 g/mol. The van der Waals surface area contributed by atoms with Gasteiger partial charge in [0.05, 0.1) is 0 Å². The van der Waals surface area contributed by atoms with Crippen molar-refractivity contribution in [1.82, 2.24) is 15.6 Å². The second-order valence-electron chi connectivity index (χ2n) is 8.06. The van der Waals surface area contributed by atoms with E-state index in [4.69, 9.17) is 4.74 Å². The maximum Gasteiger partial charge on any atom is 0.412 e. The molecular formula is C23H33N5O2. The van der Waals surface area contributed by atoms with Crippen LogP contribution in [0.1, 0.15) is 37.6 Å². The Morgan fingerprint density at radius 2 is 1.60 bits per heavy atom. The van der Waals surface area contributed by atoms with Crippen LogP contribution in [-0.4, -0.2) is 42.8 Å². The first-order valence-electron chi connectivity index (χ1n) is 10.2. The molecule has 0 spiro atoms. The molecule has 0 fully saturated rings. The average Bonchev–Trinajstić information content (AvgIpc) is 2.68. The second-order valence-corrected chi connectivity index (χ2v) is 8.06. The summed E-state index contributed by atoms with van der Waals surface area (Å²) in [5.41, 5.74) is 3.59. The topological polar surface area (TPSA) is 87.6 Å². The van der Waals surface area contributed by atoms with Gasteiger partial charge in [0.1, 0.15) is 5.60 Å². The Morgan fingerprint density at radius 3 is 2.13 bits per heavy atom. The van der Waals surface area contributed by atoms with Gasteiger partial charge in [-0.15, -0.1) is 0 Å². The normalized spacial score (nSPS) is 11.7. The van der Waals surface area contributed by atoms with E-state index in [-0.39, 0.29) is 0 Å². The first kappa shape index (κ1) is 23.2. The highest BCUT2D eigenvalue weighted by atomic mass is 16.6. The molecule has 3 N–H and O–H groups in total. The molecule has 1 amide bonds. The number of hydrogen-bond acceptors (Lipinski definition) is 4. The number of aliphatic imine (C=N–C) groups is 1. The summed E-state index contributed by atoms with van der Waals surface area (Å²) in [6.07, 6.45) is 3.19. The van der Waals surface area contributed by atoms with Crippen LogP contribution in [0.3, 0.4) is 0 Å². The van der Waals surface area contributed by atoms with E-state index in [0.29, 0.717) is 5.69 Å². The molecule has 30 heavy (non-hydrogen) atoms. The Labute approximate surface area is 179 Å². The van der Waals surface area contributed by atoms with Gasteiger partial charge in [-0.25, -0.2) is 4.79 Å². The van der Waals surface area contributed by atoms with Crippen LogP contribution in [0.4, 0.5) is 10.5 Å². The van der Waals surface area contributed by atoms with Crippen LogP contribution in [0.2, 0.25) is 0 Å². The highest BCUT2D eigenvalue weighted by Crippen LogP contribution is 2.13. The van der Waals surface area contributed by atoms with E-state index in [1.807, 2.05) is 64.2 Å². The third-order valence-corrected chi connectivity index (χ3v) is 4.21. The van der Waals surface area contributed by atoms with E-state index < -0.39 is 11.7 Å². The molecule has 0 aliphatic rings. The molecule has 0 saturated carbocycles. The summed E-state index contributed by atoms with van der Waals surface area (Å²) in [7, 11) is 1.76. The molecule has 2 aromatic rings. The molecule has 0 aliphatic heterocycles. The van der Waals surface area contributed by atoms with E-state index in [1.54, 1.807) is 7.05 Å². The third-order valence-electron chi connectivity index (χ3n) is 4.21. The van der Waals surface area contributed by atoms with Crippen LogP contribution in [0.15, 0.2) is 47.6 Å². The Balaban J connectivity index is 1.70. The number of carbonyl (C=O) groups excluding carboxylic acids is 1. The second kappa shape index (κ2) is 11.2. The molecule has 0 radical (unpaired) electrons. The zero-order chi connectivity index (χ0) is 22.0. The van der Waals surface area contributed by atoms with Crippen molar-refractivity contribution in [2.45, 2.75) is 46.1 Å². The molecule has 7 nitrogen and oxygen atoms in total. The molecule has 0 aliphatic carbocycles. The number of aromatic nitrogens is 1. The number of benzene rings is 1. The number of hydrogen-bond donors (Lipinski definition) is 3. The highest BCUT2D eigenvalue weighted by molar-refractivity contribution is 5.84. The van der Waals surface area contributed by atoms with Gasteiger partial charge in [0.25, 0.3) is 0 Å². The van der Waals surface area contributed by atoms with Gasteiger partial charge in [-0.3, -0.25) is 15.3 Å². The average molecular weight is 412 g/mol. The lowest BCUT2D eigenvalue weighted by atomic mass is 10.1. The summed E-state index contributed by atoms with van der Waals surface area (Å²) in [5.74, 6) is 0.776. The van der Waals surface area contributed by atoms with Crippen molar-refractivity contribution in [3.8, 4) is 0 Å². The Morgan fingerprint density at radius 1 is 1.00 bits per heavy atom. The lowest BCUT2D eigenvalue weighted by Crippen LogP contribution is -2.39. The predicted octanol–water partition coefficient (Wildman–Crippen LogP) is 3.69. The van der Waals surface area contributed by atoms with Gasteiger partial charge >= 0.3 is 6.09 Å². The third kappa shape index (κ3) is 8.94. The van der Waals surface area contributed by atoms with Crippen molar-refractivity contribution in [1.29, 1.82) is 0 Å². The van der Waals surface area contributed by atoms with Crippen molar-refractivity contribution < 1.29 is 9.53 Å². The van der Waals surface area contributed by atoms with E-state index in [2.05, 4.69) is 32.0 Å². The largest absolute Gasteiger partial charge is 0.444 e. The first-order chi connectivity index (χ1) is 14.2. The molecule has 0 bridgehead atoms. The standard InChI is InChI=1S/C23H33N5O2/c1-17-6-7-19(16-27-17)13-15-26-21(24-5)25-14-12-18-8-10-20(11-9-18)28-22(29)30-23(2,3)4/h6-11,16H,12-15H2,1-5H3,(H,28,29)(H2,24,25,26). The number of carbonyl (C=O) groups is 1. The fourth-order valence-corrected chi connectivity index (χ4v) is 2.69. The number of aryl methyl sites for hydroxylation is 1. The number of nitrogens with one attached hydrogen (secondary N) is 3. The van der Waals surface area contributed by atoms with E-state index >= 15 is 0 Å².